The van der Waals surface area contributed by atoms with Crippen LogP contribution in [-0.2, 0) is 4.79 Å². The van der Waals surface area contributed by atoms with Crippen LogP contribution in [0, 0.1) is 0 Å². The highest BCUT2D eigenvalue weighted by molar-refractivity contribution is 5.92. The van der Waals surface area contributed by atoms with Crippen LogP contribution in [0.1, 0.15) is 6.42 Å². The summed E-state index contributed by atoms with van der Waals surface area (Å²) in [6, 6.07) is 0. The van der Waals surface area contributed by atoms with Crippen LogP contribution < -0.4 is 10.6 Å². The third-order valence-corrected chi connectivity index (χ3v) is 1.89. The van der Waals surface area contributed by atoms with Gasteiger partial charge in [0.25, 0.3) is 5.91 Å². The normalized spacial score (nSPS) is 35.0. The third-order valence-electron chi connectivity index (χ3n) is 1.89. The van der Waals surface area contributed by atoms with Crippen molar-refractivity contribution < 1.29 is 4.79 Å². The molecule has 2 aliphatic rings. The molecule has 1 spiro atoms. The number of rotatable bonds is 0. The second-order valence-corrected chi connectivity index (χ2v) is 2.53. The van der Waals surface area contributed by atoms with Gasteiger partial charge in [-0.15, -0.1) is 0 Å². The van der Waals surface area contributed by atoms with E-state index in [0.717, 1.165) is 6.42 Å². The maximum absolute atomic E-state index is 11.1. The first-order chi connectivity index (χ1) is 4.83. The van der Waals surface area contributed by atoms with Gasteiger partial charge in [-0.3, -0.25) is 4.79 Å². The monoisotopic (exact) mass is 136 g/mol. The Labute approximate surface area is 58.8 Å². The van der Waals surface area contributed by atoms with Gasteiger partial charge >= 0.3 is 0 Å². The summed E-state index contributed by atoms with van der Waals surface area (Å²) in [5.74, 6) is 0.0394. The average Bonchev–Trinajstić information content (AvgIpc) is 2.48. The Bertz CT molecular complexity index is 222. The van der Waals surface area contributed by atoms with Gasteiger partial charge in [0.1, 0.15) is 5.54 Å². The molecule has 0 aromatic heterocycles. The van der Waals surface area contributed by atoms with Crippen LogP contribution in [0.3, 0.4) is 0 Å². The van der Waals surface area contributed by atoms with E-state index in [-0.39, 0.29) is 5.91 Å². The average molecular weight is 136 g/mol. The third kappa shape index (κ3) is 0.518. The highest BCUT2D eigenvalue weighted by Crippen LogP contribution is 2.21. The van der Waals surface area contributed by atoms with Gasteiger partial charge in [-0.05, 0) is 12.3 Å². The Morgan fingerprint density at radius 2 is 2.40 bits per heavy atom. The van der Waals surface area contributed by atoms with Crippen LogP contribution in [0.25, 0.3) is 0 Å². The summed E-state index contributed by atoms with van der Waals surface area (Å²) in [6.07, 6.45) is 8.07. The second kappa shape index (κ2) is 1.62. The van der Waals surface area contributed by atoms with Crippen LogP contribution in [0.2, 0.25) is 0 Å². The van der Waals surface area contributed by atoms with Crippen molar-refractivity contribution in [1.29, 1.82) is 0 Å². The zero-order valence-corrected chi connectivity index (χ0v) is 5.42. The van der Waals surface area contributed by atoms with Gasteiger partial charge in [0.15, 0.2) is 0 Å². The van der Waals surface area contributed by atoms with Gasteiger partial charge in [0, 0.05) is 12.6 Å². The molecule has 2 heterocycles. The van der Waals surface area contributed by atoms with E-state index in [4.69, 9.17) is 0 Å². The van der Waals surface area contributed by atoms with Gasteiger partial charge in [-0.25, -0.2) is 0 Å². The fourth-order valence-electron chi connectivity index (χ4n) is 1.25. The molecule has 3 heteroatoms. The van der Waals surface area contributed by atoms with Crippen molar-refractivity contribution in [2.24, 2.45) is 0 Å². The van der Waals surface area contributed by atoms with Crippen LogP contribution in [-0.4, -0.2) is 11.4 Å². The van der Waals surface area contributed by atoms with Crippen LogP contribution in [0.5, 0.6) is 0 Å². The van der Waals surface area contributed by atoms with Crippen molar-refractivity contribution in [3.05, 3.63) is 24.6 Å². The first kappa shape index (κ1) is 5.53. The van der Waals surface area contributed by atoms with Crippen LogP contribution in [0.4, 0.5) is 0 Å². The molecule has 52 valence electrons. The maximum atomic E-state index is 11.1. The highest BCUT2D eigenvalue weighted by atomic mass is 16.2. The van der Waals surface area contributed by atoms with E-state index >= 15 is 0 Å². The predicted molar refractivity (Wildman–Crippen MR) is 36.9 cm³/mol. The van der Waals surface area contributed by atoms with E-state index in [1.165, 1.54) is 0 Å². The number of hydrogen-bond acceptors (Lipinski definition) is 2. The summed E-state index contributed by atoms with van der Waals surface area (Å²) in [6.45, 7) is 0. The molecule has 2 N–H and O–H groups in total. The molecule has 0 aromatic carbocycles. The Morgan fingerprint density at radius 1 is 1.50 bits per heavy atom. The molecule has 0 fully saturated rings. The van der Waals surface area contributed by atoms with Crippen molar-refractivity contribution in [3.63, 3.8) is 0 Å². The summed E-state index contributed by atoms with van der Waals surface area (Å²) in [4.78, 5) is 11.1. The van der Waals surface area contributed by atoms with Gasteiger partial charge in [-0.2, -0.15) is 0 Å². The molecule has 10 heavy (non-hydrogen) atoms. The molecule has 0 aliphatic carbocycles. The molecule has 2 rings (SSSR count). The second-order valence-electron chi connectivity index (χ2n) is 2.53. The minimum atomic E-state index is -0.444. The van der Waals surface area contributed by atoms with Gasteiger partial charge in [0.2, 0.25) is 0 Å². The molecule has 2 aliphatic heterocycles. The maximum Gasteiger partial charge on any atom is 0.253 e. The van der Waals surface area contributed by atoms with E-state index in [1.54, 1.807) is 6.20 Å². The zero-order valence-electron chi connectivity index (χ0n) is 5.42. The summed E-state index contributed by atoms with van der Waals surface area (Å²) < 4.78 is 0. The number of hydrogen-bond donors (Lipinski definition) is 2. The largest absolute Gasteiger partial charge is 0.374 e. The SMILES string of the molecule is O=C1NC=CC12CC=CN2. The summed E-state index contributed by atoms with van der Waals surface area (Å²) in [5, 5.41) is 5.63. The Hall–Kier alpha value is -1.25. The molecule has 1 unspecified atom stereocenters. The zero-order chi connectivity index (χ0) is 7.03. The topological polar surface area (TPSA) is 41.1 Å². The first-order valence-electron chi connectivity index (χ1n) is 3.25. The minimum absolute atomic E-state index is 0.0394. The van der Waals surface area contributed by atoms with E-state index in [9.17, 15) is 4.79 Å². The van der Waals surface area contributed by atoms with Crippen LogP contribution >= 0.6 is 0 Å². The lowest BCUT2D eigenvalue weighted by molar-refractivity contribution is -0.123. The van der Waals surface area contributed by atoms with Crippen molar-refractivity contribution in [2.75, 3.05) is 0 Å². The van der Waals surface area contributed by atoms with Crippen molar-refractivity contribution in [3.8, 4) is 0 Å². The predicted octanol–water partition coefficient (Wildman–Crippen LogP) is -0.124. The lowest BCUT2D eigenvalue weighted by atomic mass is 9.99. The van der Waals surface area contributed by atoms with E-state index in [1.807, 2.05) is 18.4 Å². The Morgan fingerprint density at radius 3 is 2.90 bits per heavy atom. The van der Waals surface area contributed by atoms with Crippen molar-refractivity contribution in [2.45, 2.75) is 12.0 Å². The minimum Gasteiger partial charge on any atom is -0.374 e. The molecule has 0 bridgehead atoms. The molecular weight excluding hydrogens is 128 g/mol. The Kier molecular flexibility index (Phi) is 0.897. The Balaban J connectivity index is 2.30. The summed E-state index contributed by atoms with van der Waals surface area (Å²) >= 11 is 0. The van der Waals surface area contributed by atoms with Gasteiger partial charge < -0.3 is 10.6 Å². The highest BCUT2D eigenvalue weighted by Gasteiger charge is 2.38. The van der Waals surface area contributed by atoms with Crippen LogP contribution in [0.15, 0.2) is 24.6 Å². The lowest BCUT2D eigenvalue weighted by Crippen LogP contribution is -2.45. The van der Waals surface area contributed by atoms with Crippen molar-refractivity contribution in [1.82, 2.24) is 10.6 Å². The van der Waals surface area contributed by atoms with Crippen molar-refractivity contribution >= 4 is 5.91 Å². The molecule has 0 saturated carbocycles. The number of carbonyl (C=O) groups is 1. The van der Waals surface area contributed by atoms with Gasteiger partial charge in [-0.1, -0.05) is 6.08 Å². The van der Waals surface area contributed by atoms with Gasteiger partial charge in [0.05, 0.1) is 0 Å². The molecule has 0 aromatic rings. The number of carbonyl (C=O) groups excluding carboxylic acids is 1. The molecular formula is C7H8N2O. The molecule has 3 nitrogen and oxygen atoms in total. The molecule has 0 saturated heterocycles. The summed E-state index contributed by atoms with van der Waals surface area (Å²) in [5.41, 5.74) is -0.444. The van der Waals surface area contributed by atoms with E-state index in [2.05, 4.69) is 10.6 Å². The lowest BCUT2D eigenvalue weighted by Gasteiger charge is -2.18. The summed E-state index contributed by atoms with van der Waals surface area (Å²) in [7, 11) is 0. The quantitative estimate of drug-likeness (QED) is 0.487. The fourth-order valence-corrected chi connectivity index (χ4v) is 1.25. The molecule has 1 atom stereocenters. The first-order valence-corrected chi connectivity index (χ1v) is 3.25. The number of amides is 1. The van der Waals surface area contributed by atoms with E-state index < -0.39 is 5.54 Å². The standard InChI is InChI=1S/C7H8N2O/c10-6-7(3-5-8-6)2-1-4-9-7/h1,3-5,9H,2H2,(H,8,10). The molecule has 0 radical (unpaired) electrons. The smallest absolute Gasteiger partial charge is 0.253 e. The van der Waals surface area contributed by atoms with E-state index in [0.29, 0.717) is 0 Å². The fraction of sp³-hybridized carbons (Fsp3) is 0.286. The molecule has 1 amide bonds. The number of nitrogens with one attached hydrogen (secondary N) is 2.